The highest BCUT2D eigenvalue weighted by Gasteiger charge is 2.01. The zero-order valence-corrected chi connectivity index (χ0v) is 13.7. The zero-order chi connectivity index (χ0) is 16.2. The molecule has 0 atom stereocenters. The van der Waals surface area contributed by atoms with E-state index in [1.54, 1.807) is 26.5 Å². The van der Waals surface area contributed by atoms with Crippen molar-refractivity contribution < 1.29 is 14.3 Å². The van der Waals surface area contributed by atoms with Gasteiger partial charge in [-0.1, -0.05) is 32.6 Å². The van der Waals surface area contributed by atoms with Crippen LogP contribution in [-0.4, -0.2) is 26.3 Å². The number of carbonyl (C=O) groups excluding carboxylic acids is 1. The maximum atomic E-state index is 11.6. The lowest BCUT2D eigenvalue weighted by Gasteiger charge is -2.05. The Hall–Kier alpha value is -2.04. The van der Waals surface area contributed by atoms with Crippen LogP contribution in [0, 0.1) is 0 Å². The summed E-state index contributed by atoms with van der Waals surface area (Å²) in [6.45, 7) is 2.18. The molecule has 0 saturated carbocycles. The average Bonchev–Trinajstić information content (AvgIpc) is 2.54. The van der Waals surface area contributed by atoms with Crippen molar-refractivity contribution in [2.24, 2.45) is 5.10 Å². The van der Waals surface area contributed by atoms with E-state index < -0.39 is 0 Å². The fourth-order valence-electron chi connectivity index (χ4n) is 2.03. The van der Waals surface area contributed by atoms with Crippen LogP contribution < -0.4 is 14.9 Å². The number of nitrogens with zero attached hydrogens (tertiary/aromatic N) is 1. The van der Waals surface area contributed by atoms with Crippen molar-refractivity contribution in [1.82, 2.24) is 5.43 Å². The molecular formula is C17H26N2O3. The van der Waals surface area contributed by atoms with Crippen molar-refractivity contribution in [1.29, 1.82) is 0 Å². The standard InChI is InChI=1S/C17H26N2O3/c1-4-5-6-7-8-9-17(20)19-18-13-14-10-15(21-2)12-16(11-14)22-3/h10-13H,4-9H2,1-3H3,(H,19,20)/b18-13+. The lowest BCUT2D eigenvalue weighted by Crippen LogP contribution is -2.16. The normalized spacial score (nSPS) is 10.7. The zero-order valence-electron chi connectivity index (χ0n) is 13.7. The van der Waals surface area contributed by atoms with Crippen LogP contribution in [0.5, 0.6) is 11.5 Å². The summed E-state index contributed by atoms with van der Waals surface area (Å²) in [5.41, 5.74) is 3.35. The van der Waals surface area contributed by atoms with Crippen molar-refractivity contribution in [3.8, 4) is 11.5 Å². The molecule has 1 N–H and O–H groups in total. The van der Waals surface area contributed by atoms with Crippen molar-refractivity contribution >= 4 is 12.1 Å². The van der Waals surface area contributed by atoms with Crippen molar-refractivity contribution in [2.45, 2.75) is 45.4 Å². The number of amides is 1. The van der Waals surface area contributed by atoms with Crippen molar-refractivity contribution in [2.75, 3.05) is 14.2 Å². The number of nitrogens with one attached hydrogen (secondary N) is 1. The van der Waals surface area contributed by atoms with E-state index in [4.69, 9.17) is 9.47 Å². The molecule has 1 amide bonds. The molecule has 0 aliphatic carbocycles. The van der Waals surface area contributed by atoms with Crippen LogP contribution in [0.4, 0.5) is 0 Å². The first-order valence-corrected chi connectivity index (χ1v) is 7.74. The van der Waals surface area contributed by atoms with Gasteiger partial charge >= 0.3 is 0 Å². The van der Waals surface area contributed by atoms with Gasteiger partial charge in [0.1, 0.15) is 11.5 Å². The molecular weight excluding hydrogens is 280 g/mol. The van der Waals surface area contributed by atoms with Crippen LogP contribution in [0.25, 0.3) is 0 Å². The van der Waals surface area contributed by atoms with Crippen molar-refractivity contribution in [3.05, 3.63) is 23.8 Å². The number of methoxy groups -OCH3 is 2. The summed E-state index contributed by atoms with van der Waals surface area (Å²) >= 11 is 0. The average molecular weight is 306 g/mol. The maximum Gasteiger partial charge on any atom is 0.240 e. The summed E-state index contributed by atoms with van der Waals surface area (Å²) in [7, 11) is 3.19. The lowest BCUT2D eigenvalue weighted by atomic mass is 10.1. The van der Waals surface area contributed by atoms with Gasteiger partial charge in [-0.15, -0.1) is 0 Å². The summed E-state index contributed by atoms with van der Waals surface area (Å²) < 4.78 is 10.4. The SMILES string of the molecule is CCCCCCCC(=O)N/N=C/c1cc(OC)cc(OC)c1. The number of hydrogen-bond donors (Lipinski definition) is 1. The predicted octanol–water partition coefficient (Wildman–Crippen LogP) is 3.51. The highest BCUT2D eigenvalue weighted by atomic mass is 16.5. The molecule has 0 aliphatic rings. The molecule has 0 heterocycles. The number of rotatable bonds is 10. The molecule has 0 spiro atoms. The largest absolute Gasteiger partial charge is 0.497 e. The molecule has 0 aromatic heterocycles. The molecule has 122 valence electrons. The third-order valence-corrected chi connectivity index (χ3v) is 3.28. The fourth-order valence-corrected chi connectivity index (χ4v) is 2.03. The second kappa shape index (κ2) is 10.7. The summed E-state index contributed by atoms with van der Waals surface area (Å²) in [4.78, 5) is 11.6. The van der Waals surface area contributed by atoms with E-state index in [1.165, 1.54) is 19.3 Å². The lowest BCUT2D eigenvalue weighted by molar-refractivity contribution is -0.121. The van der Waals surface area contributed by atoms with Crippen LogP contribution in [-0.2, 0) is 4.79 Å². The van der Waals surface area contributed by atoms with Gasteiger partial charge < -0.3 is 9.47 Å². The van der Waals surface area contributed by atoms with E-state index in [9.17, 15) is 4.79 Å². The number of unbranched alkanes of at least 4 members (excludes halogenated alkanes) is 4. The van der Waals surface area contributed by atoms with E-state index in [0.29, 0.717) is 17.9 Å². The van der Waals surface area contributed by atoms with E-state index in [2.05, 4.69) is 17.5 Å². The topological polar surface area (TPSA) is 59.9 Å². The molecule has 0 saturated heterocycles. The van der Waals surface area contributed by atoms with Gasteiger partial charge in [0.2, 0.25) is 5.91 Å². The summed E-state index contributed by atoms with van der Waals surface area (Å²) in [6, 6.07) is 5.43. The highest BCUT2D eigenvalue weighted by molar-refractivity contribution is 5.83. The Balaban J connectivity index is 2.40. The summed E-state index contributed by atoms with van der Waals surface area (Å²) in [5, 5.41) is 3.97. The van der Waals surface area contributed by atoms with E-state index in [-0.39, 0.29) is 5.91 Å². The van der Waals surface area contributed by atoms with Gasteiger partial charge in [-0.05, 0) is 18.6 Å². The van der Waals surface area contributed by atoms with Crippen molar-refractivity contribution in [3.63, 3.8) is 0 Å². The van der Waals surface area contributed by atoms with Crippen LogP contribution in [0.2, 0.25) is 0 Å². The minimum Gasteiger partial charge on any atom is -0.497 e. The number of carbonyl (C=O) groups is 1. The third-order valence-electron chi connectivity index (χ3n) is 3.28. The Bertz CT molecular complexity index is 465. The molecule has 0 bridgehead atoms. The third kappa shape index (κ3) is 7.11. The van der Waals surface area contributed by atoms with Gasteiger partial charge in [-0.25, -0.2) is 5.43 Å². The Kier molecular flexibility index (Phi) is 8.72. The molecule has 1 rings (SSSR count). The first-order chi connectivity index (χ1) is 10.7. The molecule has 5 heteroatoms. The van der Waals surface area contributed by atoms with Crippen LogP contribution in [0.15, 0.2) is 23.3 Å². The second-order valence-corrected chi connectivity index (χ2v) is 5.10. The quantitative estimate of drug-likeness (QED) is 0.409. The number of ether oxygens (including phenoxy) is 2. The van der Waals surface area contributed by atoms with E-state index in [1.807, 2.05) is 12.1 Å². The van der Waals surface area contributed by atoms with Gasteiger partial charge in [-0.3, -0.25) is 4.79 Å². The molecule has 1 aromatic carbocycles. The Labute approximate surface area is 132 Å². The van der Waals surface area contributed by atoms with Gasteiger partial charge in [0.15, 0.2) is 0 Å². The predicted molar refractivity (Wildman–Crippen MR) is 88.7 cm³/mol. The molecule has 1 aromatic rings. The van der Waals surface area contributed by atoms with Gasteiger partial charge in [0.25, 0.3) is 0 Å². The molecule has 0 aliphatic heterocycles. The Morgan fingerprint density at radius 2 is 1.73 bits per heavy atom. The fraction of sp³-hybridized carbons (Fsp3) is 0.529. The number of hydrogen-bond acceptors (Lipinski definition) is 4. The van der Waals surface area contributed by atoms with Crippen LogP contribution >= 0.6 is 0 Å². The Morgan fingerprint density at radius 1 is 1.09 bits per heavy atom. The van der Waals surface area contributed by atoms with Crippen LogP contribution in [0.1, 0.15) is 51.0 Å². The minimum absolute atomic E-state index is 0.0531. The molecule has 0 fully saturated rings. The summed E-state index contributed by atoms with van der Waals surface area (Å²) in [5.74, 6) is 1.31. The highest BCUT2D eigenvalue weighted by Crippen LogP contribution is 2.21. The molecule has 5 nitrogen and oxygen atoms in total. The van der Waals surface area contributed by atoms with E-state index >= 15 is 0 Å². The molecule has 22 heavy (non-hydrogen) atoms. The minimum atomic E-state index is -0.0531. The number of benzene rings is 1. The van der Waals surface area contributed by atoms with E-state index in [0.717, 1.165) is 18.4 Å². The first kappa shape index (κ1) is 18.0. The maximum absolute atomic E-state index is 11.6. The molecule has 0 radical (unpaired) electrons. The van der Waals surface area contributed by atoms with Gasteiger partial charge in [-0.2, -0.15) is 5.10 Å². The molecule has 0 unspecified atom stereocenters. The second-order valence-electron chi connectivity index (χ2n) is 5.10. The number of hydrazone groups is 1. The monoisotopic (exact) mass is 306 g/mol. The van der Waals surface area contributed by atoms with Crippen LogP contribution in [0.3, 0.4) is 0 Å². The first-order valence-electron chi connectivity index (χ1n) is 7.74. The van der Waals surface area contributed by atoms with Gasteiger partial charge in [0, 0.05) is 18.1 Å². The smallest absolute Gasteiger partial charge is 0.240 e. The van der Waals surface area contributed by atoms with Gasteiger partial charge in [0.05, 0.1) is 20.4 Å². The summed E-state index contributed by atoms with van der Waals surface area (Å²) in [6.07, 6.45) is 7.74. The Morgan fingerprint density at radius 3 is 2.32 bits per heavy atom.